The lowest BCUT2D eigenvalue weighted by Gasteiger charge is -2.06. The maximum Gasteiger partial charge on any atom is 0.335 e. The molecule has 0 aliphatic rings. The Morgan fingerprint density at radius 1 is 1.08 bits per heavy atom. The average molecular weight is 359 g/mol. The third-order valence-electron chi connectivity index (χ3n) is 3.41. The zero-order valence-electron chi connectivity index (χ0n) is 12.4. The molecule has 0 aliphatic heterocycles. The topological polar surface area (TPSA) is 54.6 Å². The van der Waals surface area contributed by atoms with Crippen molar-refractivity contribution in [2.45, 2.75) is 0 Å². The molecule has 0 radical (unpaired) electrons. The van der Waals surface area contributed by atoms with E-state index in [4.69, 9.17) is 28.3 Å². The summed E-state index contributed by atoms with van der Waals surface area (Å²) in [4.78, 5) is 15.4. The van der Waals surface area contributed by atoms with Crippen LogP contribution in [0.25, 0.3) is 5.69 Å². The minimum Gasteiger partial charge on any atom is -0.478 e. The van der Waals surface area contributed by atoms with Crippen molar-refractivity contribution in [3.63, 3.8) is 0 Å². The van der Waals surface area contributed by atoms with Crippen molar-refractivity contribution in [3.8, 4) is 5.69 Å². The first-order valence-corrected chi connectivity index (χ1v) is 7.80. The van der Waals surface area contributed by atoms with Gasteiger partial charge in [0.1, 0.15) is 0 Å². The molecule has 0 spiro atoms. The molecule has 0 saturated heterocycles. The van der Waals surface area contributed by atoms with Crippen LogP contribution in [0.4, 0.5) is 5.69 Å². The van der Waals surface area contributed by atoms with E-state index in [0.29, 0.717) is 15.7 Å². The van der Waals surface area contributed by atoms with Gasteiger partial charge >= 0.3 is 5.97 Å². The fourth-order valence-electron chi connectivity index (χ4n) is 2.22. The van der Waals surface area contributed by atoms with Crippen LogP contribution in [0.5, 0.6) is 0 Å². The summed E-state index contributed by atoms with van der Waals surface area (Å²) >= 11 is 12.0. The molecule has 0 amide bonds. The number of carboxylic acid groups (broad SMARTS) is 1. The largest absolute Gasteiger partial charge is 0.478 e. The molecule has 0 atom stereocenters. The normalized spacial score (nSPS) is 11.1. The van der Waals surface area contributed by atoms with Gasteiger partial charge in [-0.05, 0) is 54.6 Å². The van der Waals surface area contributed by atoms with E-state index in [1.165, 1.54) is 18.2 Å². The van der Waals surface area contributed by atoms with Crippen LogP contribution in [-0.4, -0.2) is 21.9 Å². The number of carbonyl (C=O) groups is 1. The van der Waals surface area contributed by atoms with E-state index in [1.54, 1.807) is 6.21 Å². The summed E-state index contributed by atoms with van der Waals surface area (Å²) in [5.41, 5.74) is 2.31. The average Bonchev–Trinajstić information content (AvgIpc) is 3.03. The number of aromatic carboxylic acids is 1. The van der Waals surface area contributed by atoms with Gasteiger partial charge in [0.05, 0.1) is 28.2 Å². The molecule has 0 fully saturated rings. The zero-order valence-corrected chi connectivity index (χ0v) is 13.9. The Labute approximate surface area is 148 Å². The first-order chi connectivity index (χ1) is 11.5. The third kappa shape index (κ3) is 3.50. The molecule has 1 N–H and O–H groups in total. The SMILES string of the molecule is O=C(O)c1ccc(Cl)c(N=Cc2cccn2-c2ccc(Cl)cc2)c1. The second kappa shape index (κ2) is 6.91. The van der Waals surface area contributed by atoms with Gasteiger partial charge in [0, 0.05) is 16.9 Å². The maximum atomic E-state index is 11.1. The monoisotopic (exact) mass is 358 g/mol. The summed E-state index contributed by atoms with van der Waals surface area (Å²) in [5.74, 6) is -1.02. The lowest BCUT2D eigenvalue weighted by Crippen LogP contribution is -1.98. The van der Waals surface area contributed by atoms with Crippen LogP contribution in [0.2, 0.25) is 10.0 Å². The Morgan fingerprint density at radius 2 is 1.83 bits per heavy atom. The van der Waals surface area contributed by atoms with E-state index in [9.17, 15) is 4.79 Å². The first-order valence-electron chi connectivity index (χ1n) is 7.05. The Kier molecular flexibility index (Phi) is 4.69. The van der Waals surface area contributed by atoms with Crippen LogP contribution >= 0.6 is 23.2 Å². The minimum atomic E-state index is -1.02. The van der Waals surface area contributed by atoms with E-state index in [0.717, 1.165) is 11.4 Å². The number of benzene rings is 2. The van der Waals surface area contributed by atoms with Crippen molar-refractivity contribution in [2.24, 2.45) is 4.99 Å². The molecule has 0 bridgehead atoms. The molecule has 0 unspecified atom stereocenters. The van der Waals surface area contributed by atoms with E-state index >= 15 is 0 Å². The van der Waals surface area contributed by atoms with Crippen LogP contribution in [0.3, 0.4) is 0 Å². The minimum absolute atomic E-state index is 0.139. The highest BCUT2D eigenvalue weighted by Crippen LogP contribution is 2.26. The predicted octanol–water partition coefficient (Wildman–Crippen LogP) is 5.23. The highest BCUT2D eigenvalue weighted by atomic mass is 35.5. The van der Waals surface area contributed by atoms with Gasteiger partial charge in [0.15, 0.2) is 0 Å². The third-order valence-corrected chi connectivity index (χ3v) is 3.99. The van der Waals surface area contributed by atoms with Gasteiger partial charge in [0.25, 0.3) is 0 Å². The highest BCUT2D eigenvalue weighted by Gasteiger charge is 2.07. The molecular formula is C18H12Cl2N2O2. The van der Waals surface area contributed by atoms with Gasteiger partial charge in [-0.25, -0.2) is 4.79 Å². The Bertz CT molecular complexity index is 915. The van der Waals surface area contributed by atoms with Gasteiger partial charge in [-0.1, -0.05) is 23.2 Å². The maximum absolute atomic E-state index is 11.1. The second-order valence-corrected chi connectivity index (χ2v) is 5.85. The van der Waals surface area contributed by atoms with Crippen LogP contribution in [-0.2, 0) is 0 Å². The van der Waals surface area contributed by atoms with E-state index in [-0.39, 0.29) is 5.56 Å². The number of aliphatic imine (C=N–C) groups is 1. The molecule has 4 nitrogen and oxygen atoms in total. The Balaban J connectivity index is 1.94. The van der Waals surface area contributed by atoms with E-state index < -0.39 is 5.97 Å². The molecule has 120 valence electrons. The standard InChI is InChI=1S/C18H12Cl2N2O2/c19-13-4-6-14(7-5-13)22-9-1-2-15(22)11-21-17-10-12(18(23)24)3-8-16(17)20/h1-11H,(H,23,24). The van der Waals surface area contributed by atoms with Crippen LogP contribution in [0, 0.1) is 0 Å². The van der Waals surface area contributed by atoms with Crippen molar-refractivity contribution in [1.82, 2.24) is 4.57 Å². The van der Waals surface area contributed by atoms with Crippen molar-refractivity contribution in [1.29, 1.82) is 0 Å². The molecule has 6 heteroatoms. The van der Waals surface area contributed by atoms with Crippen molar-refractivity contribution in [3.05, 3.63) is 82.1 Å². The number of carboxylic acids is 1. The van der Waals surface area contributed by atoms with Gasteiger partial charge in [-0.15, -0.1) is 0 Å². The second-order valence-electron chi connectivity index (χ2n) is 5.01. The summed E-state index contributed by atoms with van der Waals surface area (Å²) < 4.78 is 1.94. The van der Waals surface area contributed by atoms with Gasteiger partial charge < -0.3 is 9.67 Å². The van der Waals surface area contributed by atoms with Gasteiger partial charge in [-0.2, -0.15) is 0 Å². The van der Waals surface area contributed by atoms with Crippen molar-refractivity contribution < 1.29 is 9.90 Å². The molecule has 0 saturated carbocycles. The number of rotatable bonds is 4. The number of halogens is 2. The van der Waals surface area contributed by atoms with Crippen molar-refractivity contribution in [2.75, 3.05) is 0 Å². The summed E-state index contributed by atoms with van der Waals surface area (Å²) in [7, 11) is 0. The lowest BCUT2D eigenvalue weighted by molar-refractivity contribution is 0.0697. The number of nitrogens with zero attached hydrogens (tertiary/aromatic N) is 2. The predicted molar refractivity (Wildman–Crippen MR) is 96.4 cm³/mol. The molecule has 1 heterocycles. The summed E-state index contributed by atoms with van der Waals surface area (Å²) in [6.07, 6.45) is 3.54. The molecule has 2 aromatic carbocycles. The van der Waals surface area contributed by atoms with Crippen molar-refractivity contribution >= 4 is 41.1 Å². The smallest absolute Gasteiger partial charge is 0.335 e. The molecular weight excluding hydrogens is 347 g/mol. The Morgan fingerprint density at radius 3 is 2.54 bits per heavy atom. The van der Waals surface area contributed by atoms with Gasteiger partial charge in [0.2, 0.25) is 0 Å². The lowest BCUT2D eigenvalue weighted by atomic mass is 10.2. The highest BCUT2D eigenvalue weighted by molar-refractivity contribution is 6.33. The Hall–Kier alpha value is -2.56. The molecule has 1 aromatic heterocycles. The summed E-state index contributed by atoms with van der Waals surface area (Å²) in [5, 5.41) is 10.1. The number of hydrogen-bond donors (Lipinski definition) is 1. The van der Waals surface area contributed by atoms with Crippen LogP contribution in [0.1, 0.15) is 16.1 Å². The fraction of sp³-hybridized carbons (Fsp3) is 0. The fourth-order valence-corrected chi connectivity index (χ4v) is 2.51. The zero-order chi connectivity index (χ0) is 17.1. The van der Waals surface area contributed by atoms with Gasteiger partial charge in [-0.3, -0.25) is 4.99 Å². The van der Waals surface area contributed by atoms with E-state index in [1.807, 2.05) is 47.2 Å². The summed E-state index contributed by atoms with van der Waals surface area (Å²) in [6, 6.07) is 15.6. The molecule has 24 heavy (non-hydrogen) atoms. The molecule has 3 rings (SSSR count). The quantitative estimate of drug-likeness (QED) is 0.648. The van der Waals surface area contributed by atoms with E-state index in [2.05, 4.69) is 4.99 Å². The molecule has 3 aromatic rings. The molecule has 0 aliphatic carbocycles. The number of aromatic nitrogens is 1. The summed E-state index contributed by atoms with van der Waals surface area (Å²) in [6.45, 7) is 0. The first kappa shape index (κ1) is 16.3. The van der Waals surface area contributed by atoms with Crippen LogP contribution in [0.15, 0.2) is 65.8 Å². The van der Waals surface area contributed by atoms with Crippen LogP contribution < -0.4 is 0 Å². The number of hydrogen-bond acceptors (Lipinski definition) is 2.